The minimum Gasteiger partial charge on any atom is -0.207 e. The number of benzene rings is 1. The summed E-state index contributed by atoms with van der Waals surface area (Å²) in [4.78, 5) is 2.57. The quantitative estimate of drug-likeness (QED) is 0.399. The van der Waals surface area contributed by atoms with Crippen molar-refractivity contribution in [3.63, 3.8) is 0 Å². The zero-order valence-electron chi connectivity index (χ0n) is 6.25. The Hall–Kier alpha value is -1.06. The predicted octanol–water partition coefficient (Wildman–Crippen LogP) is 3.84. The Morgan fingerprint density at radius 1 is 1.58 bits per heavy atom. The molecule has 0 saturated carbocycles. The molecular weight excluding hydrogens is 225 g/mol. The molecule has 62 valence electrons. The fourth-order valence-electron chi connectivity index (χ4n) is 0.761. The summed E-state index contributed by atoms with van der Waals surface area (Å²) in [5.74, 6) is -0.374. The lowest BCUT2D eigenvalue weighted by molar-refractivity contribution is 0.618. The summed E-state index contributed by atoms with van der Waals surface area (Å²) in [5.41, 5.74) is 8.90. The van der Waals surface area contributed by atoms with Crippen LogP contribution in [0.3, 0.4) is 0 Å². The maximum absolute atomic E-state index is 12.9. The summed E-state index contributed by atoms with van der Waals surface area (Å²) in [5, 5.41) is 3.30. The van der Waals surface area contributed by atoms with E-state index in [1.807, 2.05) is 0 Å². The molecule has 0 spiro atoms. The van der Waals surface area contributed by atoms with Crippen LogP contribution in [0.5, 0.6) is 0 Å². The summed E-state index contributed by atoms with van der Waals surface area (Å²) in [7, 11) is 0. The fourth-order valence-corrected chi connectivity index (χ4v) is 1.30. The largest absolute Gasteiger partial charge is 0.207 e. The molecule has 1 rings (SSSR count). The third-order valence-corrected chi connectivity index (χ3v) is 2.02. The molecule has 1 aromatic carbocycles. The Kier molecular flexibility index (Phi) is 2.68. The van der Waals surface area contributed by atoms with Crippen molar-refractivity contribution in [1.29, 1.82) is 0 Å². The lowest BCUT2D eigenvalue weighted by atomic mass is 10.2. The van der Waals surface area contributed by atoms with Gasteiger partial charge in [0.2, 0.25) is 0 Å². The zero-order chi connectivity index (χ0) is 9.14. The molecule has 5 heteroatoms. The van der Waals surface area contributed by atoms with Crippen molar-refractivity contribution >= 4 is 21.6 Å². The molecule has 0 aliphatic rings. The molecule has 0 fully saturated rings. The topological polar surface area (TPSA) is 48.8 Å². The van der Waals surface area contributed by atoms with Crippen molar-refractivity contribution in [2.24, 2.45) is 5.11 Å². The van der Waals surface area contributed by atoms with E-state index in [0.29, 0.717) is 10.0 Å². The maximum Gasteiger partial charge on any atom is 0.126 e. The summed E-state index contributed by atoms with van der Waals surface area (Å²) < 4.78 is 13.5. The molecule has 12 heavy (non-hydrogen) atoms. The van der Waals surface area contributed by atoms with Gasteiger partial charge in [0, 0.05) is 9.38 Å². The first-order chi connectivity index (χ1) is 5.65. The van der Waals surface area contributed by atoms with Crippen molar-refractivity contribution in [2.45, 2.75) is 6.92 Å². The standard InChI is InChI=1S/C7H5BrFN3/c1-4-2-5(8)7(11-12-10)3-6(4)9/h2-3H,1H3. The molecule has 0 aromatic heterocycles. The first-order valence-corrected chi connectivity index (χ1v) is 3.95. The van der Waals surface area contributed by atoms with Gasteiger partial charge in [0.15, 0.2) is 0 Å². The smallest absolute Gasteiger partial charge is 0.126 e. The van der Waals surface area contributed by atoms with Crippen molar-refractivity contribution in [1.82, 2.24) is 0 Å². The van der Waals surface area contributed by atoms with Crippen LogP contribution in [-0.4, -0.2) is 0 Å². The highest BCUT2D eigenvalue weighted by Crippen LogP contribution is 2.28. The minimum atomic E-state index is -0.374. The molecule has 0 N–H and O–H groups in total. The highest BCUT2D eigenvalue weighted by atomic mass is 79.9. The van der Waals surface area contributed by atoms with E-state index in [4.69, 9.17) is 5.53 Å². The first kappa shape index (κ1) is 9.03. The van der Waals surface area contributed by atoms with E-state index in [0.717, 1.165) is 0 Å². The lowest BCUT2D eigenvalue weighted by Gasteiger charge is -1.99. The highest BCUT2D eigenvalue weighted by Gasteiger charge is 2.02. The van der Waals surface area contributed by atoms with Crippen molar-refractivity contribution < 1.29 is 4.39 Å². The molecule has 0 atom stereocenters. The second kappa shape index (κ2) is 3.56. The number of nitrogens with zero attached hydrogens (tertiary/aromatic N) is 3. The van der Waals surface area contributed by atoms with Crippen LogP contribution in [0.25, 0.3) is 10.4 Å². The SMILES string of the molecule is Cc1cc(Br)c(N=[N+]=[N-])cc1F. The van der Waals surface area contributed by atoms with Gasteiger partial charge in [-0.3, -0.25) is 0 Å². The zero-order valence-corrected chi connectivity index (χ0v) is 7.84. The molecule has 1 aromatic rings. The molecule has 0 amide bonds. The van der Waals surface area contributed by atoms with Crippen LogP contribution in [-0.2, 0) is 0 Å². The Morgan fingerprint density at radius 3 is 2.83 bits per heavy atom. The summed E-state index contributed by atoms with van der Waals surface area (Å²) >= 11 is 3.15. The monoisotopic (exact) mass is 229 g/mol. The van der Waals surface area contributed by atoms with Gasteiger partial charge in [-0.1, -0.05) is 21.0 Å². The van der Waals surface area contributed by atoms with Gasteiger partial charge in [-0.25, -0.2) is 4.39 Å². The molecular formula is C7H5BrFN3. The number of rotatable bonds is 1. The molecule has 3 nitrogen and oxygen atoms in total. The van der Waals surface area contributed by atoms with Crippen LogP contribution in [0.4, 0.5) is 10.1 Å². The van der Waals surface area contributed by atoms with E-state index in [9.17, 15) is 4.39 Å². The van der Waals surface area contributed by atoms with Gasteiger partial charge in [0.1, 0.15) is 5.82 Å². The van der Waals surface area contributed by atoms with Gasteiger partial charge >= 0.3 is 0 Å². The molecule has 0 aliphatic carbocycles. The van der Waals surface area contributed by atoms with Crippen LogP contribution in [0.1, 0.15) is 5.56 Å². The number of aryl methyl sites for hydroxylation is 1. The second-order valence-corrected chi connectivity index (χ2v) is 3.10. The van der Waals surface area contributed by atoms with E-state index in [1.165, 1.54) is 6.07 Å². The Bertz CT molecular complexity index is 358. The average molecular weight is 230 g/mol. The molecule has 0 saturated heterocycles. The third-order valence-electron chi connectivity index (χ3n) is 1.38. The predicted molar refractivity (Wildman–Crippen MR) is 47.6 cm³/mol. The highest BCUT2D eigenvalue weighted by molar-refractivity contribution is 9.10. The van der Waals surface area contributed by atoms with Crippen LogP contribution >= 0.6 is 15.9 Å². The van der Waals surface area contributed by atoms with Crippen LogP contribution in [0, 0.1) is 12.7 Å². The van der Waals surface area contributed by atoms with E-state index >= 15 is 0 Å². The lowest BCUT2D eigenvalue weighted by Crippen LogP contribution is -1.81. The van der Waals surface area contributed by atoms with Gasteiger partial charge in [-0.05, 0) is 30.2 Å². The number of hydrogen-bond acceptors (Lipinski definition) is 1. The summed E-state index contributed by atoms with van der Waals surface area (Å²) in [6.45, 7) is 1.64. The Morgan fingerprint density at radius 2 is 2.25 bits per heavy atom. The van der Waals surface area contributed by atoms with Crippen molar-refractivity contribution in [3.05, 3.63) is 38.4 Å². The summed E-state index contributed by atoms with van der Waals surface area (Å²) in [6.07, 6.45) is 0. The second-order valence-electron chi connectivity index (χ2n) is 2.24. The first-order valence-electron chi connectivity index (χ1n) is 3.16. The van der Waals surface area contributed by atoms with Crippen LogP contribution in [0.15, 0.2) is 21.7 Å². The van der Waals surface area contributed by atoms with Crippen LogP contribution in [0.2, 0.25) is 0 Å². The van der Waals surface area contributed by atoms with E-state index in [2.05, 4.69) is 26.0 Å². The number of azide groups is 1. The van der Waals surface area contributed by atoms with E-state index in [-0.39, 0.29) is 11.5 Å². The van der Waals surface area contributed by atoms with Crippen LogP contribution < -0.4 is 0 Å². The number of hydrogen-bond donors (Lipinski definition) is 0. The molecule has 0 radical (unpaired) electrons. The van der Waals surface area contributed by atoms with Gasteiger partial charge in [-0.2, -0.15) is 0 Å². The summed E-state index contributed by atoms with van der Waals surface area (Å²) in [6, 6.07) is 2.76. The van der Waals surface area contributed by atoms with Gasteiger partial charge in [-0.15, -0.1) is 0 Å². The number of halogens is 2. The normalized spacial score (nSPS) is 9.25. The third kappa shape index (κ3) is 1.75. The van der Waals surface area contributed by atoms with E-state index in [1.54, 1.807) is 13.0 Å². The maximum atomic E-state index is 12.9. The Balaban J connectivity index is 3.32. The molecule has 0 aliphatic heterocycles. The van der Waals surface area contributed by atoms with Gasteiger partial charge in [0.25, 0.3) is 0 Å². The van der Waals surface area contributed by atoms with Gasteiger partial charge < -0.3 is 0 Å². The van der Waals surface area contributed by atoms with Crippen molar-refractivity contribution in [3.8, 4) is 0 Å². The Labute approximate surface area is 77.0 Å². The van der Waals surface area contributed by atoms with E-state index < -0.39 is 0 Å². The average Bonchev–Trinajstić information content (AvgIpc) is 2.01. The molecule has 0 unspecified atom stereocenters. The van der Waals surface area contributed by atoms with Gasteiger partial charge in [0.05, 0.1) is 5.69 Å². The molecule has 0 bridgehead atoms. The van der Waals surface area contributed by atoms with Crippen molar-refractivity contribution in [2.75, 3.05) is 0 Å². The molecule has 0 heterocycles. The fraction of sp³-hybridized carbons (Fsp3) is 0.143. The minimum absolute atomic E-state index is 0.264.